The fourth-order valence-corrected chi connectivity index (χ4v) is 2.86. The summed E-state index contributed by atoms with van der Waals surface area (Å²) in [6.45, 7) is 7.61. The van der Waals surface area contributed by atoms with Crippen LogP contribution in [0, 0.1) is 11.3 Å². The number of aliphatic hydroxyl groups excluding tert-OH is 1. The SMILES string of the molecule is CC(C)(C)OC(=O)N1CCC(CC2(CO)CC2)CC1. The van der Waals surface area contributed by atoms with Crippen molar-refractivity contribution in [1.82, 2.24) is 4.90 Å². The van der Waals surface area contributed by atoms with Crippen molar-refractivity contribution in [2.24, 2.45) is 11.3 Å². The number of carbonyl (C=O) groups excluding carboxylic acids is 1. The average Bonchev–Trinajstić information content (AvgIpc) is 3.08. The second kappa shape index (κ2) is 5.31. The van der Waals surface area contributed by atoms with Crippen molar-refractivity contribution in [3.8, 4) is 0 Å². The Morgan fingerprint density at radius 3 is 2.32 bits per heavy atom. The maximum atomic E-state index is 11.9. The lowest BCUT2D eigenvalue weighted by molar-refractivity contribution is 0.0168. The van der Waals surface area contributed by atoms with Crippen LogP contribution in [0.15, 0.2) is 0 Å². The van der Waals surface area contributed by atoms with E-state index < -0.39 is 5.60 Å². The van der Waals surface area contributed by atoms with E-state index in [1.165, 1.54) is 12.8 Å². The van der Waals surface area contributed by atoms with Gasteiger partial charge in [-0.2, -0.15) is 0 Å². The molecule has 1 N–H and O–H groups in total. The van der Waals surface area contributed by atoms with Gasteiger partial charge in [-0.25, -0.2) is 4.79 Å². The van der Waals surface area contributed by atoms with Gasteiger partial charge in [-0.1, -0.05) is 0 Å². The van der Waals surface area contributed by atoms with Crippen molar-refractivity contribution in [1.29, 1.82) is 0 Å². The third kappa shape index (κ3) is 4.10. The van der Waals surface area contributed by atoms with Gasteiger partial charge < -0.3 is 14.7 Å². The zero-order chi connectivity index (χ0) is 14.1. The van der Waals surface area contributed by atoms with Crippen LogP contribution in [0.4, 0.5) is 4.79 Å². The van der Waals surface area contributed by atoms with Crippen LogP contribution in [-0.2, 0) is 4.74 Å². The van der Waals surface area contributed by atoms with Crippen molar-refractivity contribution < 1.29 is 14.6 Å². The number of hydrogen-bond acceptors (Lipinski definition) is 3. The lowest BCUT2D eigenvalue weighted by atomic mass is 9.86. The predicted octanol–water partition coefficient (Wildman–Crippen LogP) is 2.80. The summed E-state index contributed by atoms with van der Waals surface area (Å²) in [7, 11) is 0. The molecule has 0 bridgehead atoms. The van der Waals surface area contributed by atoms with Gasteiger partial charge in [-0.05, 0) is 64.2 Å². The molecule has 1 aliphatic carbocycles. The van der Waals surface area contributed by atoms with E-state index in [-0.39, 0.29) is 11.5 Å². The Bertz CT molecular complexity index is 323. The van der Waals surface area contributed by atoms with E-state index in [1.807, 2.05) is 25.7 Å². The summed E-state index contributed by atoms with van der Waals surface area (Å²) in [4.78, 5) is 13.8. The van der Waals surface area contributed by atoms with E-state index in [4.69, 9.17) is 4.74 Å². The highest BCUT2D eigenvalue weighted by Crippen LogP contribution is 2.51. The highest BCUT2D eigenvalue weighted by atomic mass is 16.6. The first-order valence-electron chi connectivity index (χ1n) is 7.42. The van der Waals surface area contributed by atoms with Gasteiger partial charge in [0.25, 0.3) is 0 Å². The lowest BCUT2D eigenvalue weighted by Gasteiger charge is -2.34. The zero-order valence-corrected chi connectivity index (χ0v) is 12.4. The summed E-state index contributed by atoms with van der Waals surface area (Å²) in [5, 5.41) is 9.37. The molecule has 4 heteroatoms. The second-order valence-corrected chi connectivity index (χ2v) is 7.27. The second-order valence-electron chi connectivity index (χ2n) is 7.27. The Kier molecular flexibility index (Phi) is 4.09. The van der Waals surface area contributed by atoms with Crippen molar-refractivity contribution in [3.05, 3.63) is 0 Å². The van der Waals surface area contributed by atoms with Crippen LogP contribution >= 0.6 is 0 Å². The van der Waals surface area contributed by atoms with E-state index >= 15 is 0 Å². The first-order valence-corrected chi connectivity index (χ1v) is 7.42. The molecule has 1 heterocycles. The number of nitrogens with zero attached hydrogens (tertiary/aromatic N) is 1. The summed E-state index contributed by atoms with van der Waals surface area (Å²) in [6, 6.07) is 0. The van der Waals surface area contributed by atoms with Crippen LogP contribution in [0.3, 0.4) is 0 Å². The standard InChI is InChI=1S/C15H27NO3/c1-14(2,3)19-13(18)16-8-4-12(5-9-16)10-15(11-17)6-7-15/h12,17H,4-11H2,1-3H3. The van der Waals surface area contributed by atoms with E-state index in [0.29, 0.717) is 12.5 Å². The van der Waals surface area contributed by atoms with E-state index in [2.05, 4.69) is 0 Å². The zero-order valence-electron chi connectivity index (χ0n) is 12.4. The molecule has 1 saturated heterocycles. The van der Waals surface area contributed by atoms with Crippen molar-refractivity contribution >= 4 is 6.09 Å². The minimum atomic E-state index is -0.414. The molecule has 110 valence electrons. The molecular formula is C15H27NO3. The Hall–Kier alpha value is -0.770. The molecule has 0 aromatic heterocycles. The Labute approximate surface area is 116 Å². The third-order valence-electron chi connectivity index (χ3n) is 4.28. The largest absolute Gasteiger partial charge is 0.444 e. The van der Waals surface area contributed by atoms with E-state index in [1.54, 1.807) is 0 Å². The molecule has 1 aliphatic heterocycles. The van der Waals surface area contributed by atoms with E-state index in [0.717, 1.165) is 32.4 Å². The first kappa shape index (κ1) is 14.6. The Balaban J connectivity index is 1.74. The van der Waals surface area contributed by atoms with Crippen molar-refractivity contribution in [2.75, 3.05) is 19.7 Å². The van der Waals surface area contributed by atoms with Crippen molar-refractivity contribution in [2.45, 2.75) is 58.5 Å². The predicted molar refractivity (Wildman–Crippen MR) is 73.9 cm³/mol. The summed E-state index contributed by atoms with van der Waals surface area (Å²) in [5.41, 5.74) is -0.179. The van der Waals surface area contributed by atoms with Gasteiger partial charge in [-0.3, -0.25) is 0 Å². The number of amides is 1. The highest BCUT2D eigenvalue weighted by molar-refractivity contribution is 5.68. The van der Waals surface area contributed by atoms with Crippen LogP contribution in [0.1, 0.15) is 52.9 Å². The quantitative estimate of drug-likeness (QED) is 0.857. The first-order chi connectivity index (χ1) is 8.84. The summed E-state index contributed by atoms with van der Waals surface area (Å²) >= 11 is 0. The van der Waals surface area contributed by atoms with Crippen LogP contribution in [-0.4, -0.2) is 41.4 Å². The van der Waals surface area contributed by atoms with Crippen molar-refractivity contribution in [3.63, 3.8) is 0 Å². The summed E-state index contributed by atoms with van der Waals surface area (Å²) in [5.74, 6) is 0.660. The number of ether oxygens (including phenoxy) is 1. The number of aliphatic hydroxyl groups is 1. The molecule has 0 spiro atoms. The summed E-state index contributed by atoms with van der Waals surface area (Å²) in [6.07, 6.45) is 5.38. The fourth-order valence-electron chi connectivity index (χ4n) is 2.86. The maximum absolute atomic E-state index is 11.9. The molecule has 2 fully saturated rings. The molecule has 0 unspecified atom stereocenters. The smallest absolute Gasteiger partial charge is 0.410 e. The number of rotatable bonds is 3. The van der Waals surface area contributed by atoms with Crippen LogP contribution in [0.5, 0.6) is 0 Å². The summed E-state index contributed by atoms with van der Waals surface area (Å²) < 4.78 is 5.39. The normalized spacial score (nSPS) is 23.3. The average molecular weight is 269 g/mol. The number of piperidine rings is 1. The minimum Gasteiger partial charge on any atom is -0.444 e. The van der Waals surface area contributed by atoms with Gasteiger partial charge in [0.05, 0.1) is 0 Å². The van der Waals surface area contributed by atoms with Crippen LogP contribution < -0.4 is 0 Å². The van der Waals surface area contributed by atoms with Crippen LogP contribution in [0.2, 0.25) is 0 Å². The Morgan fingerprint density at radius 2 is 1.89 bits per heavy atom. The molecule has 19 heavy (non-hydrogen) atoms. The topological polar surface area (TPSA) is 49.8 Å². The number of carbonyl (C=O) groups is 1. The molecule has 2 rings (SSSR count). The van der Waals surface area contributed by atoms with Gasteiger partial charge in [0.2, 0.25) is 0 Å². The maximum Gasteiger partial charge on any atom is 0.410 e. The van der Waals surface area contributed by atoms with Gasteiger partial charge >= 0.3 is 6.09 Å². The Morgan fingerprint density at radius 1 is 1.32 bits per heavy atom. The molecule has 0 aromatic rings. The number of likely N-dealkylation sites (tertiary alicyclic amines) is 1. The lowest BCUT2D eigenvalue weighted by Crippen LogP contribution is -2.42. The molecule has 4 nitrogen and oxygen atoms in total. The fraction of sp³-hybridized carbons (Fsp3) is 0.933. The minimum absolute atomic E-state index is 0.186. The monoisotopic (exact) mass is 269 g/mol. The number of hydrogen-bond donors (Lipinski definition) is 1. The molecule has 1 amide bonds. The molecule has 0 aromatic carbocycles. The van der Waals surface area contributed by atoms with Gasteiger partial charge in [0.1, 0.15) is 5.60 Å². The van der Waals surface area contributed by atoms with Gasteiger partial charge in [0.15, 0.2) is 0 Å². The molecule has 2 aliphatic rings. The van der Waals surface area contributed by atoms with Crippen LogP contribution in [0.25, 0.3) is 0 Å². The molecule has 0 radical (unpaired) electrons. The molecule has 1 saturated carbocycles. The van der Waals surface area contributed by atoms with Gasteiger partial charge in [-0.15, -0.1) is 0 Å². The van der Waals surface area contributed by atoms with Gasteiger partial charge in [0, 0.05) is 19.7 Å². The van der Waals surface area contributed by atoms with E-state index in [9.17, 15) is 9.90 Å². The third-order valence-corrected chi connectivity index (χ3v) is 4.28. The highest BCUT2D eigenvalue weighted by Gasteiger charge is 2.44. The molecule has 0 atom stereocenters. The molecular weight excluding hydrogens is 242 g/mol.